The summed E-state index contributed by atoms with van der Waals surface area (Å²) in [5, 5.41) is 9.88. The Morgan fingerprint density at radius 3 is 2.82 bits per heavy atom. The van der Waals surface area contributed by atoms with Crippen molar-refractivity contribution in [2.24, 2.45) is 5.73 Å². The largest absolute Gasteiger partial charge is 0.389 e. The molecular weight excluding hydrogens is 212 g/mol. The van der Waals surface area contributed by atoms with Crippen LogP contribution in [0.3, 0.4) is 0 Å². The van der Waals surface area contributed by atoms with Gasteiger partial charge in [0, 0.05) is 12.6 Å². The second-order valence-electron chi connectivity index (χ2n) is 5.78. The average Bonchev–Trinajstić information content (AvgIpc) is 2.31. The van der Waals surface area contributed by atoms with Crippen LogP contribution in [-0.4, -0.2) is 41.3 Å². The van der Waals surface area contributed by atoms with Crippen molar-refractivity contribution in [3.63, 3.8) is 0 Å². The van der Waals surface area contributed by atoms with Crippen LogP contribution in [0.15, 0.2) is 0 Å². The van der Waals surface area contributed by atoms with E-state index in [2.05, 4.69) is 11.8 Å². The number of aliphatic hydroxyl groups is 1. The topological polar surface area (TPSA) is 49.5 Å². The van der Waals surface area contributed by atoms with Crippen LogP contribution in [0.5, 0.6) is 0 Å². The maximum absolute atomic E-state index is 9.88. The van der Waals surface area contributed by atoms with Gasteiger partial charge in [0.15, 0.2) is 0 Å². The van der Waals surface area contributed by atoms with Crippen LogP contribution in [0.25, 0.3) is 0 Å². The number of hydrogen-bond acceptors (Lipinski definition) is 3. The van der Waals surface area contributed by atoms with Gasteiger partial charge in [-0.3, -0.25) is 0 Å². The molecule has 0 amide bonds. The molecule has 17 heavy (non-hydrogen) atoms. The molecule has 102 valence electrons. The van der Waals surface area contributed by atoms with Gasteiger partial charge in [-0.2, -0.15) is 0 Å². The zero-order chi connectivity index (χ0) is 12.7. The molecule has 0 aromatic carbocycles. The van der Waals surface area contributed by atoms with Gasteiger partial charge in [0.1, 0.15) is 0 Å². The third-order valence-electron chi connectivity index (χ3n) is 3.97. The SMILES string of the molecule is CCCC1CCCCN1CCCC(C)(O)CN. The van der Waals surface area contributed by atoms with E-state index in [0.717, 1.165) is 25.4 Å². The quantitative estimate of drug-likeness (QED) is 0.719. The Bertz CT molecular complexity index is 204. The molecule has 1 fully saturated rings. The molecule has 2 atom stereocenters. The molecule has 0 aromatic rings. The van der Waals surface area contributed by atoms with Crippen molar-refractivity contribution in [3.8, 4) is 0 Å². The van der Waals surface area contributed by atoms with Crippen LogP contribution in [-0.2, 0) is 0 Å². The highest BCUT2D eigenvalue weighted by Gasteiger charge is 2.23. The summed E-state index contributed by atoms with van der Waals surface area (Å²) in [5.41, 5.74) is 4.87. The summed E-state index contributed by atoms with van der Waals surface area (Å²) in [4.78, 5) is 2.62. The van der Waals surface area contributed by atoms with Crippen LogP contribution >= 0.6 is 0 Å². The van der Waals surface area contributed by atoms with Crippen LogP contribution in [0.4, 0.5) is 0 Å². The average molecular weight is 242 g/mol. The van der Waals surface area contributed by atoms with E-state index in [4.69, 9.17) is 5.73 Å². The predicted octanol–water partition coefficient (Wildman–Crippen LogP) is 2.13. The standard InChI is InChI=1S/C14H30N2O/c1-3-7-13-8-4-5-10-16(13)11-6-9-14(2,17)12-15/h13,17H,3-12,15H2,1-2H3. The first kappa shape index (κ1) is 14.9. The zero-order valence-electron chi connectivity index (χ0n) is 11.6. The smallest absolute Gasteiger partial charge is 0.0741 e. The minimum atomic E-state index is -0.671. The second kappa shape index (κ2) is 7.34. The van der Waals surface area contributed by atoms with E-state index >= 15 is 0 Å². The van der Waals surface area contributed by atoms with Gasteiger partial charge >= 0.3 is 0 Å². The van der Waals surface area contributed by atoms with Crippen LogP contribution in [0.1, 0.15) is 58.8 Å². The summed E-state index contributed by atoms with van der Waals surface area (Å²) >= 11 is 0. The fourth-order valence-electron chi connectivity index (χ4n) is 2.78. The lowest BCUT2D eigenvalue weighted by Crippen LogP contribution is -2.41. The van der Waals surface area contributed by atoms with Crippen molar-refractivity contribution < 1.29 is 5.11 Å². The van der Waals surface area contributed by atoms with Crippen molar-refractivity contribution >= 4 is 0 Å². The number of likely N-dealkylation sites (tertiary alicyclic amines) is 1. The molecule has 3 nitrogen and oxygen atoms in total. The van der Waals surface area contributed by atoms with Crippen molar-refractivity contribution in [1.29, 1.82) is 0 Å². The van der Waals surface area contributed by atoms with Gasteiger partial charge in [-0.25, -0.2) is 0 Å². The van der Waals surface area contributed by atoms with Crippen LogP contribution < -0.4 is 5.73 Å². The summed E-state index contributed by atoms with van der Waals surface area (Å²) in [6.45, 7) is 6.85. The minimum Gasteiger partial charge on any atom is -0.389 e. The van der Waals surface area contributed by atoms with E-state index in [9.17, 15) is 5.11 Å². The molecule has 3 heteroatoms. The number of nitrogens with two attached hydrogens (primary N) is 1. The van der Waals surface area contributed by atoms with Gasteiger partial charge in [0.2, 0.25) is 0 Å². The van der Waals surface area contributed by atoms with E-state index in [0.29, 0.717) is 6.54 Å². The lowest BCUT2D eigenvalue weighted by Gasteiger charge is -2.36. The van der Waals surface area contributed by atoms with Crippen molar-refractivity contribution in [3.05, 3.63) is 0 Å². The van der Waals surface area contributed by atoms with E-state index in [1.807, 2.05) is 6.92 Å². The molecule has 1 aliphatic heterocycles. The molecule has 0 spiro atoms. The molecule has 0 radical (unpaired) electrons. The Morgan fingerprint density at radius 1 is 1.41 bits per heavy atom. The Balaban J connectivity index is 2.28. The number of rotatable bonds is 7. The van der Waals surface area contributed by atoms with E-state index in [-0.39, 0.29) is 0 Å². The molecule has 1 saturated heterocycles. The molecule has 0 aromatic heterocycles. The number of nitrogens with zero attached hydrogens (tertiary/aromatic N) is 1. The van der Waals surface area contributed by atoms with E-state index in [1.165, 1.54) is 38.6 Å². The molecule has 0 bridgehead atoms. The summed E-state index contributed by atoms with van der Waals surface area (Å²) in [6.07, 6.45) is 8.58. The summed E-state index contributed by atoms with van der Waals surface area (Å²) in [7, 11) is 0. The van der Waals surface area contributed by atoms with Gasteiger partial charge < -0.3 is 15.7 Å². The van der Waals surface area contributed by atoms with Gasteiger partial charge in [-0.05, 0) is 52.1 Å². The zero-order valence-corrected chi connectivity index (χ0v) is 11.6. The molecule has 0 aliphatic carbocycles. The number of piperidine rings is 1. The second-order valence-corrected chi connectivity index (χ2v) is 5.78. The fourth-order valence-corrected chi connectivity index (χ4v) is 2.78. The van der Waals surface area contributed by atoms with Crippen molar-refractivity contribution in [2.75, 3.05) is 19.6 Å². The minimum absolute atomic E-state index is 0.366. The van der Waals surface area contributed by atoms with E-state index in [1.54, 1.807) is 0 Å². The van der Waals surface area contributed by atoms with Gasteiger partial charge in [-0.15, -0.1) is 0 Å². The Hall–Kier alpha value is -0.120. The normalized spacial score (nSPS) is 25.8. The van der Waals surface area contributed by atoms with E-state index < -0.39 is 5.60 Å². The molecule has 1 rings (SSSR count). The first-order chi connectivity index (χ1) is 8.09. The Morgan fingerprint density at radius 2 is 2.18 bits per heavy atom. The highest BCUT2D eigenvalue weighted by molar-refractivity contribution is 4.79. The molecular formula is C14H30N2O. The molecule has 3 N–H and O–H groups in total. The summed E-state index contributed by atoms with van der Waals surface area (Å²) < 4.78 is 0. The van der Waals surface area contributed by atoms with Crippen molar-refractivity contribution in [1.82, 2.24) is 4.90 Å². The third-order valence-corrected chi connectivity index (χ3v) is 3.97. The summed E-state index contributed by atoms with van der Waals surface area (Å²) in [5.74, 6) is 0. The van der Waals surface area contributed by atoms with Crippen LogP contribution in [0, 0.1) is 0 Å². The molecule has 1 aliphatic rings. The number of hydrogen-bond donors (Lipinski definition) is 2. The monoisotopic (exact) mass is 242 g/mol. The van der Waals surface area contributed by atoms with Crippen LogP contribution in [0.2, 0.25) is 0 Å². The first-order valence-electron chi connectivity index (χ1n) is 7.25. The molecule has 2 unspecified atom stereocenters. The highest BCUT2D eigenvalue weighted by atomic mass is 16.3. The third kappa shape index (κ3) is 5.36. The Kier molecular flexibility index (Phi) is 6.45. The maximum atomic E-state index is 9.88. The van der Waals surface area contributed by atoms with Gasteiger partial charge in [0.25, 0.3) is 0 Å². The van der Waals surface area contributed by atoms with Crippen molar-refractivity contribution in [2.45, 2.75) is 70.4 Å². The molecule has 0 saturated carbocycles. The van der Waals surface area contributed by atoms with Gasteiger partial charge in [-0.1, -0.05) is 19.8 Å². The highest BCUT2D eigenvalue weighted by Crippen LogP contribution is 2.22. The maximum Gasteiger partial charge on any atom is 0.0741 e. The summed E-state index contributed by atoms with van der Waals surface area (Å²) in [6, 6.07) is 0.788. The fraction of sp³-hybridized carbons (Fsp3) is 1.00. The predicted molar refractivity (Wildman–Crippen MR) is 73.0 cm³/mol. The van der Waals surface area contributed by atoms with Gasteiger partial charge in [0.05, 0.1) is 5.60 Å². The molecule has 1 heterocycles. The lowest BCUT2D eigenvalue weighted by molar-refractivity contribution is 0.0494. The lowest BCUT2D eigenvalue weighted by atomic mass is 9.96. The Labute approximate surface area is 106 Å². The first-order valence-corrected chi connectivity index (χ1v) is 7.25.